The fraction of sp³-hybridized carbons (Fsp3) is 0. The second kappa shape index (κ2) is 7.14. The lowest BCUT2D eigenvalue weighted by atomic mass is 10.1. The smallest absolute Gasteiger partial charge is 0.308 e. The number of benzene rings is 5. The highest BCUT2D eigenvalue weighted by molar-refractivity contribution is 6.12. The van der Waals surface area contributed by atoms with E-state index in [0.29, 0.717) is 5.84 Å². The van der Waals surface area contributed by atoms with Crippen molar-refractivity contribution in [1.82, 2.24) is 18.5 Å². The average Bonchev–Trinajstić information content (AvgIpc) is 3.71. The van der Waals surface area contributed by atoms with Gasteiger partial charge in [0, 0.05) is 27.2 Å². The molecule has 0 radical (unpaired) electrons. The summed E-state index contributed by atoms with van der Waals surface area (Å²) in [4.78, 5) is 4.69. The van der Waals surface area contributed by atoms with Crippen molar-refractivity contribution in [2.75, 3.05) is 0 Å². The summed E-state index contributed by atoms with van der Waals surface area (Å²) >= 11 is 0. The van der Waals surface area contributed by atoms with E-state index in [4.69, 9.17) is 9.40 Å². The molecule has 9 rings (SSSR count). The molecule has 9 aromatic rings. The second-order valence-corrected chi connectivity index (χ2v) is 9.74. The number of hydrogen-bond acceptors (Lipinski definition) is 2. The first-order valence-corrected chi connectivity index (χ1v) is 12.7. The maximum atomic E-state index is 5.96. The molecule has 0 saturated heterocycles. The first-order chi connectivity index (χ1) is 18.9. The van der Waals surface area contributed by atoms with Crippen molar-refractivity contribution in [1.29, 1.82) is 0 Å². The van der Waals surface area contributed by atoms with E-state index in [9.17, 15) is 0 Å². The number of para-hydroxylation sites is 5. The molecular formula is C33H20N4O. The van der Waals surface area contributed by atoms with Crippen LogP contribution in [-0.2, 0) is 0 Å². The Balaban J connectivity index is 1.38. The normalized spacial score (nSPS) is 12.2. The summed E-state index contributed by atoms with van der Waals surface area (Å²) in [5.74, 6) is 1.53. The predicted octanol–water partition coefficient (Wildman–Crippen LogP) is 8.27. The third-order valence-corrected chi connectivity index (χ3v) is 7.75. The minimum atomic E-state index is 0.592. The van der Waals surface area contributed by atoms with Gasteiger partial charge in [0.2, 0.25) is 0 Å². The molecule has 0 atom stereocenters. The van der Waals surface area contributed by atoms with Crippen LogP contribution < -0.4 is 0 Å². The van der Waals surface area contributed by atoms with Gasteiger partial charge in [-0.25, -0.2) is 4.40 Å². The molecule has 0 amide bonds. The van der Waals surface area contributed by atoms with Gasteiger partial charge in [-0.15, -0.1) is 0 Å². The number of hydrogen-bond donors (Lipinski definition) is 0. The zero-order valence-electron chi connectivity index (χ0n) is 20.2. The van der Waals surface area contributed by atoms with Gasteiger partial charge in [-0.1, -0.05) is 66.7 Å². The zero-order chi connectivity index (χ0) is 24.8. The molecule has 4 heterocycles. The summed E-state index contributed by atoms with van der Waals surface area (Å²) in [6.07, 6.45) is 1.81. The Morgan fingerprint density at radius 3 is 1.76 bits per heavy atom. The van der Waals surface area contributed by atoms with E-state index in [-0.39, 0.29) is 0 Å². The van der Waals surface area contributed by atoms with E-state index < -0.39 is 0 Å². The molecule has 38 heavy (non-hydrogen) atoms. The quantitative estimate of drug-likeness (QED) is 0.246. The van der Waals surface area contributed by atoms with E-state index in [1.165, 1.54) is 32.6 Å². The Kier molecular flexibility index (Phi) is 3.73. The van der Waals surface area contributed by atoms with Crippen molar-refractivity contribution in [3.63, 3.8) is 0 Å². The monoisotopic (exact) mass is 488 g/mol. The highest BCUT2D eigenvalue weighted by atomic mass is 16.3. The number of rotatable bonds is 2. The van der Waals surface area contributed by atoms with Crippen LogP contribution in [0.3, 0.4) is 0 Å². The predicted molar refractivity (Wildman–Crippen MR) is 154 cm³/mol. The van der Waals surface area contributed by atoms with Gasteiger partial charge in [-0.3, -0.25) is 4.57 Å². The van der Waals surface area contributed by atoms with Crippen molar-refractivity contribution in [2.24, 2.45) is 0 Å². The molecule has 5 aromatic carbocycles. The van der Waals surface area contributed by atoms with E-state index in [2.05, 4.69) is 111 Å². The van der Waals surface area contributed by atoms with Gasteiger partial charge in [0.25, 0.3) is 0 Å². The van der Waals surface area contributed by atoms with Crippen molar-refractivity contribution in [2.45, 2.75) is 0 Å². The van der Waals surface area contributed by atoms with E-state index in [1.807, 2.05) is 24.5 Å². The van der Waals surface area contributed by atoms with Crippen molar-refractivity contribution in [3.8, 4) is 11.5 Å². The number of oxazole rings is 1. The standard InChI is InChI=1S/C33H20N4O/c1-5-13-27-22(9-1)23-10-2-6-14-28(23)35(27)21-17-18-30-25(19-21)24-11-3-7-15-29(24)36(30)32-20-38-33-34-26-12-4-8-16-31(26)37(32)33/h1-20H. The number of fused-ring (bicyclic) bond motifs is 9. The molecule has 5 nitrogen and oxygen atoms in total. The van der Waals surface area contributed by atoms with Crippen molar-refractivity contribution < 1.29 is 4.42 Å². The van der Waals surface area contributed by atoms with E-state index in [0.717, 1.165) is 33.6 Å². The summed E-state index contributed by atoms with van der Waals surface area (Å²) in [7, 11) is 0. The summed E-state index contributed by atoms with van der Waals surface area (Å²) in [5, 5.41) is 4.92. The van der Waals surface area contributed by atoms with Gasteiger partial charge >= 0.3 is 5.84 Å². The summed E-state index contributed by atoms with van der Waals surface area (Å²) in [6, 6.07) is 40.8. The van der Waals surface area contributed by atoms with Gasteiger partial charge in [0.05, 0.1) is 33.1 Å². The molecular weight excluding hydrogens is 468 g/mol. The highest BCUT2D eigenvalue weighted by Crippen LogP contribution is 2.37. The van der Waals surface area contributed by atoms with Crippen LogP contribution in [0.25, 0.3) is 72.0 Å². The van der Waals surface area contributed by atoms with Crippen molar-refractivity contribution >= 4 is 60.5 Å². The van der Waals surface area contributed by atoms with Gasteiger partial charge in [-0.2, -0.15) is 4.98 Å². The van der Waals surface area contributed by atoms with Crippen LogP contribution in [0.1, 0.15) is 0 Å². The fourth-order valence-corrected chi connectivity index (χ4v) is 6.16. The van der Waals surface area contributed by atoms with Gasteiger partial charge in [0.1, 0.15) is 6.26 Å². The van der Waals surface area contributed by atoms with Gasteiger partial charge < -0.3 is 8.98 Å². The molecule has 178 valence electrons. The van der Waals surface area contributed by atoms with E-state index in [1.54, 1.807) is 0 Å². The Hall–Kier alpha value is -5.29. The molecule has 0 aliphatic heterocycles. The Morgan fingerprint density at radius 1 is 0.500 bits per heavy atom. The molecule has 0 unspecified atom stereocenters. The largest absolute Gasteiger partial charge is 0.429 e. The highest BCUT2D eigenvalue weighted by Gasteiger charge is 2.20. The van der Waals surface area contributed by atoms with Crippen LogP contribution in [0, 0.1) is 0 Å². The third-order valence-electron chi connectivity index (χ3n) is 7.75. The molecule has 0 spiro atoms. The first kappa shape index (κ1) is 19.8. The van der Waals surface area contributed by atoms with Crippen LogP contribution >= 0.6 is 0 Å². The van der Waals surface area contributed by atoms with Gasteiger partial charge in [-0.05, 0) is 48.5 Å². The third kappa shape index (κ3) is 2.47. The van der Waals surface area contributed by atoms with E-state index >= 15 is 0 Å². The lowest BCUT2D eigenvalue weighted by Crippen LogP contribution is -1.98. The molecule has 0 aliphatic rings. The number of imidazole rings is 1. The van der Waals surface area contributed by atoms with Crippen LogP contribution in [0.15, 0.2) is 126 Å². The molecule has 0 N–H and O–H groups in total. The Labute approximate surface area is 216 Å². The maximum Gasteiger partial charge on any atom is 0.308 e. The zero-order valence-corrected chi connectivity index (χ0v) is 20.2. The maximum absolute atomic E-state index is 5.96. The topological polar surface area (TPSA) is 40.3 Å². The summed E-state index contributed by atoms with van der Waals surface area (Å²) in [6.45, 7) is 0. The first-order valence-electron chi connectivity index (χ1n) is 12.7. The molecule has 0 aliphatic carbocycles. The molecule has 0 saturated carbocycles. The van der Waals surface area contributed by atoms with Gasteiger partial charge in [0.15, 0.2) is 5.82 Å². The number of nitrogens with zero attached hydrogens (tertiary/aromatic N) is 4. The lowest BCUT2D eigenvalue weighted by molar-refractivity contribution is 0.596. The Bertz CT molecular complexity index is 2310. The molecule has 4 aromatic heterocycles. The average molecular weight is 489 g/mol. The minimum Gasteiger partial charge on any atom is -0.429 e. The van der Waals surface area contributed by atoms with Crippen LogP contribution in [0.4, 0.5) is 0 Å². The lowest BCUT2D eigenvalue weighted by Gasteiger charge is -2.09. The van der Waals surface area contributed by atoms with Crippen molar-refractivity contribution in [3.05, 3.63) is 122 Å². The molecule has 0 bridgehead atoms. The molecule has 5 heteroatoms. The second-order valence-electron chi connectivity index (χ2n) is 9.74. The Morgan fingerprint density at radius 2 is 1.05 bits per heavy atom. The van der Waals surface area contributed by atoms with Crippen LogP contribution in [0.5, 0.6) is 0 Å². The van der Waals surface area contributed by atoms with Crippen LogP contribution in [-0.4, -0.2) is 18.5 Å². The SMILES string of the molecule is c1ccc2c(c1)nc1occ(-n3c4ccccc4c4cc(-n5c6ccccc6c6ccccc65)ccc43)n12. The fourth-order valence-electron chi connectivity index (χ4n) is 6.16. The van der Waals surface area contributed by atoms with Crippen LogP contribution in [0.2, 0.25) is 0 Å². The summed E-state index contributed by atoms with van der Waals surface area (Å²) < 4.78 is 12.7. The summed E-state index contributed by atoms with van der Waals surface area (Å²) in [5.41, 5.74) is 7.75. The number of aromatic nitrogens is 4. The minimum absolute atomic E-state index is 0.592. The molecule has 0 fully saturated rings.